The molecule has 1 aliphatic carbocycles. The molecule has 1 fully saturated rings. The molecule has 1 N–H and O–H groups in total. The monoisotopic (exact) mass is 307 g/mol. The molecule has 0 unspecified atom stereocenters. The highest BCUT2D eigenvalue weighted by Gasteiger charge is 2.29. The molecule has 0 aromatic carbocycles. The van der Waals surface area contributed by atoms with Gasteiger partial charge in [0, 0.05) is 18.4 Å². The SMILES string of the molecule is CCOC(=O)Cn1nc(C2CC2)c2cc(NC)sc2c1=O. The van der Waals surface area contributed by atoms with E-state index in [9.17, 15) is 9.59 Å². The molecule has 6 nitrogen and oxygen atoms in total. The Morgan fingerprint density at radius 2 is 2.33 bits per heavy atom. The normalized spacial score (nSPS) is 14.4. The fraction of sp³-hybridized carbons (Fsp3) is 0.500. The summed E-state index contributed by atoms with van der Waals surface area (Å²) in [6, 6.07) is 1.97. The second kappa shape index (κ2) is 5.48. The maximum Gasteiger partial charge on any atom is 0.327 e. The highest BCUT2D eigenvalue weighted by molar-refractivity contribution is 7.22. The van der Waals surface area contributed by atoms with Gasteiger partial charge in [-0.2, -0.15) is 5.10 Å². The molecule has 1 aliphatic rings. The van der Waals surface area contributed by atoms with Gasteiger partial charge in [-0.15, -0.1) is 11.3 Å². The van der Waals surface area contributed by atoms with Crippen molar-refractivity contribution in [2.24, 2.45) is 0 Å². The summed E-state index contributed by atoms with van der Waals surface area (Å²) in [5.74, 6) is -0.0283. The molecule has 1 saturated carbocycles. The van der Waals surface area contributed by atoms with Crippen LogP contribution in [0, 0.1) is 0 Å². The lowest BCUT2D eigenvalue weighted by Crippen LogP contribution is -2.28. The molecule has 2 aromatic heterocycles. The third-order valence-electron chi connectivity index (χ3n) is 3.46. The van der Waals surface area contributed by atoms with Crippen molar-refractivity contribution in [3.63, 3.8) is 0 Å². The Morgan fingerprint density at radius 3 is 2.95 bits per heavy atom. The minimum Gasteiger partial charge on any atom is -0.465 e. The van der Waals surface area contributed by atoms with E-state index in [1.54, 1.807) is 6.92 Å². The molecule has 0 atom stereocenters. The van der Waals surface area contributed by atoms with Gasteiger partial charge in [0.15, 0.2) is 0 Å². The zero-order valence-corrected chi connectivity index (χ0v) is 12.8. The van der Waals surface area contributed by atoms with Crippen LogP contribution in [-0.2, 0) is 16.1 Å². The lowest BCUT2D eigenvalue weighted by Gasteiger charge is -2.07. The van der Waals surface area contributed by atoms with Gasteiger partial charge in [0.05, 0.1) is 17.3 Å². The van der Waals surface area contributed by atoms with Crippen LogP contribution in [0.4, 0.5) is 5.00 Å². The third kappa shape index (κ3) is 2.65. The van der Waals surface area contributed by atoms with E-state index in [1.807, 2.05) is 13.1 Å². The van der Waals surface area contributed by atoms with Gasteiger partial charge in [0.25, 0.3) is 5.56 Å². The average Bonchev–Trinajstić information content (AvgIpc) is 3.20. The first kappa shape index (κ1) is 14.1. The van der Waals surface area contributed by atoms with Crippen molar-refractivity contribution in [2.75, 3.05) is 19.0 Å². The summed E-state index contributed by atoms with van der Waals surface area (Å²) in [5, 5.41) is 9.32. The summed E-state index contributed by atoms with van der Waals surface area (Å²) >= 11 is 1.40. The van der Waals surface area contributed by atoms with Crippen LogP contribution in [0.3, 0.4) is 0 Å². The first-order valence-electron chi connectivity index (χ1n) is 7.02. The Morgan fingerprint density at radius 1 is 1.57 bits per heavy atom. The Balaban J connectivity index is 2.10. The number of anilines is 1. The average molecular weight is 307 g/mol. The summed E-state index contributed by atoms with van der Waals surface area (Å²) in [7, 11) is 1.83. The van der Waals surface area contributed by atoms with E-state index in [0.29, 0.717) is 17.2 Å². The maximum atomic E-state index is 12.5. The summed E-state index contributed by atoms with van der Waals surface area (Å²) in [4.78, 5) is 24.1. The van der Waals surface area contributed by atoms with Crippen molar-refractivity contribution >= 4 is 32.4 Å². The van der Waals surface area contributed by atoms with E-state index in [2.05, 4.69) is 10.4 Å². The van der Waals surface area contributed by atoms with Gasteiger partial charge in [-0.1, -0.05) is 0 Å². The Labute approximate surface area is 125 Å². The first-order valence-corrected chi connectivity index (χ1v) is 7.83. The number of thiophene rings is 1. The van der Waals surface area contributed by atoms with Gasteiger partial charge in [0.1, 0.15) is 11.2 Å². The van der Waals surface area contributed by atoms with Crippen LogP contribution in [0.15, 0.2) is 10.9 Å². The van der Waals surface area contributed by atoms with E-state index < -0.39 is 5.97 Å². The van der Waals surface area contributed by atoms with E-state index in [0.717, 1.165) is 28.9 Å². The zero-order valence-electron chi connectivity index (χ0n) is 12.0. The molecule has 112 valence electrons. The molecule has 0 radical (unpaired) electrons. The highest BCUT2D eigenvalue weighted by atomic mass is 32.1. The number of hydrogen-bond acceptors (Lipinski definition) is 6. The highest BCUT2D eigenvalue weighted by Crippen LogP contribution is 2.43. The number of nitrogens with zero attached hydrogens (tertiary/aromatic N) is 2. The number of rotatable bonds is 5. The van der Waals surface area contributed by atoms with Gasteiger partial charge in [-0.3, -0.25) is 9.59 Å². The van der Waals surface area contributed by atoms with Crippen molar-refractivity contribution in [2.45, 2.75) is 32.2 Å². The molecule has 0 saturated heterocycles. The molecule has 7 heteroatoms. The maximum absolute atomic E-state index is 12.5. The predicted molar refractivity (Wildman–Crippen MR) is 82.0 cm³/mol. The van der Waals surface area contributed by atoms with Crippen LogP contribution in [0.1, 0.15) is 31.4 Å². The molecule has 0 aliphatic heterocycles. The van der Waals surface area contributed by atoms with Crippen LogP contribution in [0.5, 0.6) is 0 Å². The van der Waals surface area contributed by atoms with Gasteiger partial charge >= 0.3 is 5.97 Å². The number of hydrogen-bond donors (Lipinski definition) is 1. The number of carbonyl (C=O) groups is 1. The molecule has 0 spiro atoms. The number of fused-ring (bicyclic) bond motifs is 1. The van der Waals surface area contributed by atoms with Crippen LogP contribution in [0.2, 0.25) is 0 Å². The molecule has 2 heterocycles. The lowest BCUT2D eigenvalue weighted by molar-refractivity contribution is -0.144. The van der Waals surface area contributed by atoms with Gasteiger partial charge < -0.3 is 10.1 Å². The smallest absolute Gasteiger partial charge is 0.327 e. The molecule has 0 amide bonds. The largest absolute Gasteiger partial charge is 0.465 e. The topological polar surface area (TPSA) is 73.2 Å². The summed E-state index contributed by atoms with van der Waals surface area (Å²) in [6.45, 7) is 1.91. The first-order chi connectivity index (χ1) is 10.1. The Bertz CT molecular complexity index is 746. The summed E-state index contributed by atoms with van der Waals surface area (Å²) in [5.41, 5.74) is 0.695. The number of carbonyl (C=O) groups excluding carboxylic acids is 1. The van der Waals surface area contributed by atoms with Crippen molar-refractivity contribution < 1.29 is 9.53 Å². The number of esters is 1. The molecule has 2 aromatic rings. The fourth-order valence-corrected chi connectivity index (χ4v) is 3.27. The van der Waals surface area contributed by atoms with Gasteiger partial charge in [-0.25, -0.2) is 4.68 Å². The number of ether oxygens (including phenoxy) is 1. The molecular weight excluding hydrogens is 290 g/mol. The van der Waals surface area contributed by atoms with E-state index in [-0.39, 0.29) is 12.1 Å². The Kier molecular flexibility index (Phi) is 3.67. The zero-order chi connectivity index (χ0) is 15.0. The third-order valence-corrected chi connectivity index (χ3v) is 4.60. The molecule has 0 bridgehead atoms. The van der Waals surface area contributed by atoms with Crippen molar-refractivity contribution in [3.05, 3.63) is 22.1 Å². The van der Waals surface area contributed by atoms with Crippen LogP contribution < -0.4 is 10.9 Å². The van der Waals surface area contributed by atoms with E-state index in [1.165, 1.54) is 16.0 Å². The lowest BCUT2D eigenvalue weighted by atomic mass is 10.2. The van der Waals surface area contributed by atoms with Crippen molar-refractivity contribution in [1.82, 2.24) is 9.78 Å². The number of aromatic nitrogens is 2. The predicted octanol–water partition coefficient (Wildman–Crippen LogP) is 1.94. The van der Waals surface area contributed by atoms with Crippen LogP contribution in [0.25, 0.3) is 10.1 Å². The Hall–Kier alpha value is -1.89. The van der Waals surface area contributed by atoms with E-state index in [4.69, 9.17) is 4.74 Å². The fourth-order valence-electron chi connectivity index (χ4n) is 2.30. The standard InChI is InChI=1S/C14H17N3O3S/c1-3-20-11(18)7-17-14(19)13-9(6-10(15-2)21-13)12(16-17)8-4-5-8/h6,8,15H,3-5,7H2,1-2H3. The van der Waals surface area contributed by atoms with Crippen LogP contribution in [-0.4, -0.2) is 29.4 Å². The van der Waals surface area contributed by atoms with Crippen molar-refractivity contribution in [3.8, 4) is 0 Å². The summed E-state index contributed by atoms with van der Waals surface area (Å²) in [6.07, 6.45) is 2.18. The molecule has 21 heavy (non-hydrogen) atoms. The molecule has 3 rings (SSSR count). The van der Waals surface area contributed by atoms with Crippen molar-refractivity contribution in [1.29, 1.82) is 0 Å². The van der Waals surface area contributed by atoms with Gasteiger partial charge in [-0.05, 0) is 25.8 Å². The minimum atomic E-state index is -0.432. The second-order valence-electron chi connectivity index (χ2n) is 5.03. The summed E-state index contributed by atoms with van der Waals surface area (Å²) < 4.78 is 6.80. The van der Waals surface area contributed by atoms with E-state index >= 15 is 0 Å². The second-order valence-corrected chi connectivity index (χ2v) is 6.08. The quantitative estimate of drug-likeness (QED) is 0.855. The van der Waals surface area contributed by atoms with Crippen LogP contribution >= 0.6 is 11.3 Å². The minimum absolute atomic E-state index is 0.130. The number of nitrogens with one attached hydrogen (secondary N) is 1. The molecular formula is C14H17N3O3S. The van der Waals surface area contributed by atoms with Gasteiger partial charge in [0.2, 0.25) is 0 Å².